The van der Waals surface area contributed by atoms with Crippen LogP contribution in [-0.2, 0) is 0 Å². The standard InChI is InChI=1S/C9H13NO/c1-3-9(11)8-6-4-5-7(2)10-8/h4-6,9,11H,3H2,1-2H3/t9-/m1/s1. The molecule has 0 bridgehead atoms. The molecule has 0 radical (unpaired) electrons. The Morgan fingerprint density at radius 1 is 1.55 bits per heavy atom. The zero-order chi connectivity index (χ0) is 8.27. The van der Waals surface area contributed by atoms with Gasteiger partial charge in [-0.2, -0.15) is 0 Å². The normalized spacial score (nSPS) is 13.0. The van der Waals surface area contributed by atoms with Crippen LogP contribution in [0, 0.1) is 6.92 Å². The predicted octanol–water partition coefficient (Wildman–Crippen LogP) is 1.83. The lowest BCUT2D eigenvalue weighted by molar-refractivity contribution is 0.168. The second-order valence-corrected chi connectivity index (χ2v) is 2.63. The summed E-state index contributed by atoms with van der Waals surface area (Å²) in [5.74, 6) is 0. The molecule has 0 spiro atoms. The number of aryl methyl sites for hydroxylation is 1. The van der Waals surface area contributed by atoms with Gasteiger partial charge in [0.25, 0.3) is 0 Å². The molecule has 0 aliphatic rings. The Bertz CT molecular complexity index is 235. The Morgan fingerprint density at radius 2 is 2.27 bits per heavy atom. The fourth-order valence-electron chi connectivity index (χ4n) is 0.959. The number of aliphatic hydroxyl groups excluding tert-OH is 1. The van der Waals surface area contributed by atoms with Crippen LogP contribution in [0.4, 0.5) is 0 Å². The molecule has 1 aromatic rings. The van der Waals surface area contributed by atoms with Gasteiger partial charge in [0.2, 0.25) is 0 Å². The predicted molar refractivity (Wildman–Crippen MR) is 44.2 cm³/mol. The van der Waals surface area contributed by atoms with Crippen LogP contribution in [0.2, 0.25) is 0 Å². The Hall–Kier alpha value is -0.890. The minimum atomic E-state index is -0.408. The van der Waals surface area contributed by atoms with Crippen molar-refractivity contribution in [2.75, 3.05) is 0 Å². The molecule has 0 aliphatic carbocycles. The second-order valence-electron chi connectivity index (χ2n) is 2.63. The van der Waals surface area contributed by atoms with Crippen LogP contribution in [0.25, 0.3) is 0 Å². The van der Waals surface area contributed by atoms with Crippen molar-refractivity contribution in [1.82, 2.24) is 4.98 Å². The summed E-state index contributed by atoms with van der Waals surface area (Å²) in [6.07, 6.45) is 0.311. The van der Waals surface area contributed by atoms with E-state index < -0.39 is 6.10 Å². The van der Waals surface area contributed by atoms with Gasteiger partial charge in [0.15, 0.2) is 0 Å². The summed E-state index contributed by atoms with van der Waals surface area (Å²) in [4.78, 5) is 4.19. The molecular formula is C9H13NO. The highest BCUT2D eigenvalue weighted by Crippen LogP contribution is 2.12. The molecule has 0 aliphatic heterocycles. The lowest BCUT2D eigenvalue weighted by atomic mass is 10.2. The van der Waals surface area contributed by atoms with E-state index in [0.29, 0.717) is 0 Å². The number of nitrogens with zero attached hydrogens (tertiary/aromatic N) is 1. The number of hydrogen-bond donors (Lipinski definition) is 1. The van der Waals surface area contributed by atoms with Crippen LogP contribution in [-0.4, -0.2) is 10.1 Å². The molecule has 2 heteroatoms. The number of aliphatic hydroxyl groups is 1. The maximum atomic E-state index is 9.39. The summed E-state index contributed by atoms with van der Waals surface area (Å²) in [5.41, 5.74) is 1.72. The molecule has 0 fully saturated rings. The Morgan fingerprint density at radius 3 is 2.82 bits per heavy atom. The molecule has 1 N–H and O–H groups in total. The van der Waals surface area contributed by atoms with E-state index in [1.807, 2.05) is 32.0 Å². The molecule has 1 rings (SSSR count). The van der Waals surface area contributed by atoms with Crippen molar-refractivity contribution in [1.29, 1.82) is 0 Å². The summed E-state index contributed by atoms with van der Waals surface area (Å²) in [6, 6.07) is 5.68. The van der Waals surface area contributed by atoms with Crippen molar-refractivity contribution in [3.8, 4) is 0 Å². The zero-order valence-corrected chi connectivity index (χ0v) is 6.91. The van der Waals surface area contributed by atoms with Crippen molar-refractivity contribution in [3.05, 3.63) is 29.6 Å². The minimum Gasteiger partial charge on any atom is -0.387 e. The highest BCUT2D eigenvalue weighted by Gasteiger charge is 2.04. The van der Waals surface area contributed by atoms with Gasteiger partial charge in [-0.15, -0.1) is 0 Å². The van der Waals surface area contributed by atoms with E-state index in [2.05, 4.69) is 4.98 Å². The van der Waals surface area contributed by atoms with E-state index >= 15 is 0 Å². The maximum Gasteiger partial charge on any atom is 0.0957 e. The third-order valence-electron chi connectivity index (χ3n) is 1.64. The molecule has 1 aromatic heterocycles. The molecule has 0 saturated carbocycles. The minimum absolute atomic E-state index is 0.408. The van der Waals surface area contributed by atoms with E-state index in [0.717, 1.165) is 17.8 Å². The molecule has 60 valence electrons. The summed E-state index contributed by atoms with van der Waals surface area (Å²) in [6.45, 7) is 3.86. The van der Waals surface area contributed by atoms with E-state index in [4.69, 9.17) is 0 Å². The van der Waals surface area contributed by atoms with Gasteiger partial charge in [-0.1, -0.05) is 13.0 Å². The Balaban J connectivity index is 2.86. The first-order chi connectivity index (χ1) is 5.24. The van der Waals surface area contributed by atoms with Crippen LogP contribution in [0.1, 0.15) is 30.8 Å². The molecule has 1 heterocycles. The molecule has 2 nitrogen and oxygen atoms in total. The van der Waals surface area contributed by atoms with Crippen LogP contribution >= 0.6 is 0 Å². The fraction of sp³-hybridized carbons (Fsp3) is 0.444. The van der Waals surface area contributed by atoms with E-state index in [-0.39, 0.29) is 0 Å². The average molecular weight is 151 g/mol. The fourth-order valence-corrected chi connectivity index (χ4v) is 0.959. The van der Waals surface area contributed by atoms with Gasteiger partial charge < -0.3 is 5.11 Å². The molecule has 1 atom stereocenters. The van der Waals surface area contributed by atoms with Gasteiger partial charge in [-0.3, -0.25) is 4.98 Å². The van der Waals surface area contributed by atoms with Gasteiger partial charge in [-0.25, -0.2) is 0 Å². The Kier molecular flexibility index (Phi) is 2.60. The van der Waals surface area contributed by atoms with Crippen molar-refractivity contribution in [3.63, 3.8) is 0 Å². The zero-order valence-electron chi connectivity index (χ0n) is 6.91. The summed E-state index contributed by atoms with van der Waals surface area (Å²) >= 11 is 0. The average Bonchev–Trinajstić information content (AvgIpc) is 2.03. The Labute approximate surface area is 66.9 Å². The van der Waals surface area contributed by atoms with Crippen LogP contribution < -0.4 is 0 Å². The topological polar surface area (TPSA) is 33.1 Å². The molecule has 0 saturated heterocycles. The third kappa shape index (κ3) is 2.02. The van der Waals surface area contributed by atoms with Gasteiger partial charge >= 0.3 is 0 Å². The molecular weight excluding hydrogens is 138 g/mol. The van der Waals surface area contributed by atoms with Crippen LogP contribution in [0.3, 0.4) is 0 Å². The van der Waals surface area contributed by atoms with Crippen molar-refractivity contribution < 1.29 is 5.11 Å². The van der Waals surface area contributed by atoms with Gasteiger partial charge in [0.1, 0.15) is 0 Å². The number of pyridine rings is 1. The van der Waals surface area contributed by atoms with Crippen LogP contribution in [0.15, 0.2) is 18.2 Å². The lowest BCUT2D eigenvalue weighted by Gasteiger charge is -2.06. The van der Waals surface area contributed by atoms with Crippen molar-refractivity contribution in [2.45, 2.75) is 26.4 Å². The second kappa shape index (κ2) is 3.49. The molecule has 11 heavy (non-hydrogen) atoms. The van der Waals surface area contributed by atoms with E-state index in [9.17, 15) is 5.11 Å². The first-order valence-corrected chi connectivity index (χ1v) is 3.85. The highest BCUT2D eigenvalue weighted by atomic mass is 16.3. The van der Waals surface area contributed by atoms with E-state index in [1.165, 1.54) is 0 Å². The van der Waals surface area contributed by atoms with Crippen molar-refractivity contribution >= 4 is 0 Å². The third-order valence-corrected chi connectivity index (χ3v) is 1.64. The number of aromatic nitrogens is 1. The largest absolute Gasteiger partial charge is 0.387 e. The highest BCUT2D eigenvalue weighted by molar-refractivity contribution is 5.11. The summed E-state index contributed by atoms with van der Waals surface area (Å²) < 4.78 is 0. The summed E-state index contributed by atoms with van der Waals surface area (Å²) in [5, 5.41) is 9.39. The molecule has 0 unspecified atom stereocenters. The lowest BCUT2D eigenvalue weighted by Crippen LogP contribution is -1.98. The SMILES string of the molecule is CC[C@@H](O)c1cccc(C)n1. The van der Waals surface area contributed by atoms with Gasteiger partial charge in [-0.05, 0) is 25.5 Å². The first kappa shape index (κ1) is 8.21. The quantitative estimate of drug-likeness (QED) is 0.699. The van der Waals surface area contributed by atoms with Crippen LogP contribution in [0.5, 0.6) is 0 Å². The van der Waals surface area contributed by atoms with Gasteiger partial charge in [0, 0.05) is 5.69 Å². The monoisotopic (exact) mass is 151 g/mol. The molecule has 0 amide bonds. The number of hydrogen-bond acceptors (Lipinski definition) is 2. The van der Waals surface area contributed by atoms with Crippen molar-refractivity contribution in [2.24, 2.45) is 0 Å². The van der Waals surface area contributed by atoms with E-state index in [1.54, 1.807) is 0 Å². The first-order valence-electron chi connectivity index (χ1n) is 3.85. The summed E-state index contributed by atoms with van der Waals surface area (Å²) in [7, 11) is 0. The smallest absolute Gasteiger partial charge is 0.0957 e. The van der Waals surface area contributed by atoms with Gasteiger partial charge in [0.05, 0.1) is 11.8 Å². The molecule has 0 aromatic carbocycles. The number of rotatable bonds is 2. The maximum absolute atomic E-state index is 9.39.